The zero-order chi connectivity index (χ0) is 27.2. The van der Waals surface area contributed by atoms with Crippen LogP contribution in [-0.4, -0.2) is 0 Å². The van der Waals surface area contributed by atoms with E-state index in [1.165, 1.54) is 21.2 Å². The van der Waals surface area contributed by atoms with Crippen molar-refractivity contribution >= 4 is 61.7 Å². The molecule has 1 aromatic heterocycles. The molecule has 0 atom stereocenters. The van der Waals surface area contributed by atoms with E-state index in [2.05, 4.69) is 112 Å². The molecule has 1 nitrogen and oxygen atoms in total. The van der Waals surface area contributed by atoms with E-state index < -0.39 is 0 Å². The third-order valence-electron chi connectivity index (χ3n) is 7.01. The molecule has 0 saturated carbocycles. The molecule has 4 heteroatoms. The van der Waals surface area contributed by atoms with E-state index in [-0.39, 0.29) is 10.8 Å². The van der Waals surface area contributed by atoms with Crippen LogP contribution >= 0.6 is 34.5 Å². The van der Waals surface area contributed by atoms with Crippen LogP contribution in [0.25, 0.3) is 21.2 Å². The number of benzene rings is 4. The van der Waals surface area contributed by atoms with Crippen LogP contribution in [-0.2, 0) is 10.8 Å². The Hall–Kier alpha value is -2.78. The first-order valence-corrected chi connectivity index (χ1v) is 14.5. The van der Waals surface area contributed by atoms with Gasteiger partial charge in [-0.1, -0.05) is 113 Å². The van der Waals surface area contributed by atoms with Gasteiger partial charge in [0.25, 0.3) is 0 Å². The SMILES string of the molecule is CC(C)(C)c1ccc(N(c2cc(-c3ccccc3)cc(Cl)c2Cl)c2csc3ccc(C(C)(C)C)cc23)cc1. The second kappa shape index (κ2) is 10.1. The lowest BCUT2D eigenvalue weighted by Crippen LogP contribution is -2.14. The molecule has 38 heavy (non-hydrogen) atoms. The van der Waals surface area contributed by atoms with Crippen molar-refractivity contribution in [2.24, 2.45) is 0 Å². The van der Waals surface area contributed by atoms with Gasteiger partial charge in [-0.15, -0.1) is 11.3 Å². The number of nitrogens with zero attached hydrogens (tertiary/aromatic N) is 1. The Morgan fingerprint density at radius 2 is 1.26 bits per heavy atom. The van der Waals surface area contributed by atoms with E-state index in [4.69, 9.17) is 23.2 Å². The van der Waals surface area contributed by atoms with Crippen molar-refractivity contribution < 1.29 is 0 Å². The zero-order valence-corrected chi connectivity index (χ0v) is 25.1. The number of hydrogen-bond donors (Lipinski definition) is 0. The van der Waals surface area contributed by atoms with Gasteiger partial charge in [-0.25, -0.2) is 0 Å². The Bertz CT molecular complexity index is 1590. The third kappa shape index (κ3) is 5.23. The fraction of sp³-hybridized carbons (Fsp3) is 0.235. The zero-order valence-electron chi connectivity index (χ0n) is 22.8. The highest BCUT2D eigenvalue weighted by atomic mass is 35.5. The van der Waals surface area contributed by atoms with Gasteiger partial charge in [-0.05, 0) is 69.5 Å². The highest BCUT2D eigenvalue weighted by Gasteiger charge is 2.24. The molecule has 0 radical (unpaired) electrons. The lowest BCUT2D eigenvalue weighted by Gasteiger charge is -2.28. The van der Waals surface area contributed by atoms with Crippen molar-refractivity contribution in [3.63, 3.8) is 0 Å². The van der Waals surface area contributed by atoms with Gasteiger partial charge >= 0.3 is 0 Å². The molecule has 0 bridgehead atoms. The van der Waals surface area contributed by atoms with Crippen LogP contribution in [0.4, 0.5) is 17.1 Å². The molecule has 0 spiro atoms. The molecule has 1 heterocycles. The normalized spacial score (nSPS) is 12.2. The Morgan fingerprint density at radius 3 is 1.89 bits per heavy atom. The molecular weight excluding hydrogens is 525 g/mol. The number of rotatable bonds is 4. The van der Waals surface area contributed by atoms with Gasteiger partial charge in [0.05, 0.1) is 21.4 Å². The summed E-state index contributed by atoms with van der Waals surface area (Å²) in [4.78, 5) is 2.26. The summed E-state index contributed by atoms with van der Waals surface area (Å²) in [5.41, 5.74) is 7.83. The van der Waals surface area contributed by atoms with Crippen LogP contribution in [0.1, 0.15) is 52.7 Å². The lowest BCUT2D eigenvalue weighted by atomic mass is 9.86. The van der Waals surface area contributed by atoms with Gasteiger partial charge < -0.3 is 4.90 Å². The summed E-state index contributed by atoms with van der Waals surface area (Å²) in [6, 6.07) is 30.0. The van der Waals surface area contributed by atoms with Gasteiger partial charge in [0, 0.05) is 21.2 Å². The summed E-state index contributed by atoms with van der Waals surface area (Å²) in [5, 5.41) is 4.51. The second-order valence-electron chi connectivity index (χ2n) is 11.9. The summed E-state index contributed by atoms with van der Waals surface area (Å²) < 4.78 is 1.24. The molecule has 0 amide bonds. The maximum atomic E-state index is 7.00. The molecule has 5 rings (SSSR count). The Labute approximate surface area is 240 Å². The van der Waals surface area contributed by atoms with Crippen molar-refractivity contribution in [1.29, 1.82) is 0 Å². The quantitative estimate of drug-likeness (QED) is 0.212. The standard InChI is InChI=1S/C34H33Cl2NS/c1-33(2,3)24-12-15-26(16-13-24)37(30-21-38-31-17-14-25(20-27(30)31)34(4,5)6)29-19-23(18-28(35)32(29)36)22-10-8-7-9-11-22/h7-21H,1-6H3. The van der Waals surface area contributed by atoms with Gasteiger partial charge in [-0.3, -0.25) is 0 Å². The first-order chi connectivity index (χ1) is 17.9. The van der Waals surface area contributed by atoms with Gasteiger partial charge in [0.2, 0.25) is 0 Å². The molecular formula is C34H33Cl2NS. The monoisotopic (exact) mass is 557 g/mol. The smallest absolute Gasteiger partial charge is 0.0833 e. The topological polar surface area (TPSA) is 3.24 Å². The minimum atomic E-state index is 0.0424. The van der Waals surface area contributed by atoms with Crippen LogP contribution in [0, 0.1) is 0 Å². The van der Waals surface area contributed by atoms with E-state index in [1.807, 2.05) is 24.3 Å². The molecule has 0 aliphatic rings. The average Bonchev–Trinajstić information content (AvgIpc) is 3.29. The van der Waals surface area contributed by atoms with Crippen LogP contribution in [0.3, 0.4) is 0 Å². The van der Waals surface area contributed by atoms with Crippen LogP contribution < -0.4 is 4.90 Å². The molecule has 0 aliphatic carbocycles. The maximum absolute atomic E-state index is 7.00. The molecule has 5 aromatic rings. The fourth-order valence-electron chi connectivity index (χ4n) is 4.71. The van der Waals surface area contributed by atoms with Gasteiger partial charge in [0.15, 0.2) is 0 Å². The number of fused-ring (bicyclic) bond motifs is 1. The molecule has 4 aromatic carbocycles. The van der Waals surface area contributed by atoms with Crippen LogP contribution in [0.15, 0.2) is 90.3 Å². The van der Waals surface area contributed by atoms with Crippen molar-refractivity contribution in [3.8, 4) is 11.1 Å². The highest BCUT2D eigenvalue weighted by Crippen LogP contribution is 2.48. The largest absolute Gasteiger partial charge is 0.307 e. The summed E-state index contributed by atoms with van der Waals surface area (Å²) in [6.07, 6.45) is 0. The van der Waals surface area contributed by atoms with E-state index in [1.54, 1.807) is 11.3 Å². The Balaban J connectivity index is 1.77. The van der Waals surface area contributed by atoms with E-state index >= 15 is 0 Å². The molecule has 0 fully saturated rings. The summed E-state index contributed by atoms with van der Waals surface area (Å²) in [7, 11) is 0. The van der Waals surface area contributed by atoms with Crippen molar-refractivity contribution in [2.45, 2.75) is 52.4 Å². The van der Waals surface area contributed by atoms with Crippen molar-refractivity contribution in [3.05, 3.63) is 111 Å². The number of thiophene rings is 1. The predicted octanol–water partition coefficient (Wildman–Crippen LogP) is 11.9. The maximum Gasteiger partial charge on any atom is 0.0833 e. The van der Waals surface area contributed by atoms with E-state index in [0.29, 0.717) is 10.0 Å². The van der Waals surface area contributed by atoms with Gasteiger partial charge in [0.1, 0.15) is 0 Å². The molecule has 0 saturated heterocycles. The average molecular weight is 559 g/mol. The highest BCUT2D eigenvalue weighted by molar-refractivity contribution is 7.17. The van der Waals surface area contributed by atoms with E-state index in [0.717, 1.165) is 28.2 Å². The van der Waals surface area contributed by atoms with Gasteiger partial charge in [-0.2, -0.15) is 0 Å². The number of halogens is 2. The minimum absolute atomic E-state index is 0.0424. The van der Waals surface area contributed by atoms with Crippen LogP contribution in [0.5, 0.6) is 0 Å². The molecule has 0 aliphatic heterocycles. The third-order valence-corrected chi connectivity index (χ3v) is 8.75. The molecule has 0 N–H and O–H groups in total. The minimum Gasteiger partial charge on any atom is -0.307 e. The number of anilines is 3. The van der Waals surface area contributed by atoms with Crippen molar-refractivity contribution in [1.82, 2.24) is 0 Å². The number of hydrogen-bond acceptors (Lipinski definition) is 2. The Morgan fingerprint density at radius 1 is 0.632 bits per heavy atom. The van der Waals surface area contributed by atoms with Crippen molar-refractivity contribution in [2.75, 3.05) is 4.90 Å². The molecule has 194 valence electrons. The first-order valence-electron chi connectivity index (χ1n) is 12.9. The summed E-state index contributed by atoms with van der Waals surface area (Å²) in [6.45, 7) is 13.5. The molecule has 0 unspecified atom stereocenters. The fourth-order valence-corrected chi connectivity index (χ4v) is 6.02. The van der Waals surface area contributed by atoms with Crippen LogP contribution in [0.2, 0.25) is 10.0 Å². The summed E-state index contributed by atoms with van der Waals surface area (Å²) >= 11 is 15.5. The van der Waals surface area contributed by atoms with E-state index in [9.17, 15) is 0 Å². The first kappa shape index (κ1) is 26.8. The lowest BCUT2D eigenvalue weighted by molar-refractivity contribution is 0.590. The Kier molecular flexibility index (Phi) is 7.11. The summed E-state index contributed by atoms with van der Waals surface area (Å²) in [5.74, 6) is 0. The second-order valence-corrected chi connectivity index (χ2v) is 13.6. The predicted molar refractivity (Wildman–Crippen MR) is 169 cm³/mol.